The first kappa shape index (κ1) is 20.0. The lowest BCUT2D eigenvalue weighted by Crippen LogP contribution is -2.31. The van der Waals surface area contributed by atoms with E-state index in [0.717, 1.165) is 17.7 Å². The molecule has 0 aromatic heterocycles. The van der Waals surface area contributed by atoms with E-state index in [0.29, 0.717) is 24.9 Å². The van der Waals surface area contributed by atoms with Gasteiger partial charge in [-0.15, -0.1) is 12.4 Å². The first-order valence-corrected chi connectivity index (χ1v) is 7.92. The molecule has 0 bridgehead atoms. The quantitative estimate of drug-likeness (QED) is 0.747. The summed E-state index contributed by atoms with van der Waals surface area (Å²) >= 11 is 0. The van der Waals surface area contributed by atoms with Gasteiger partial charge in [-0.25, -0.2) is 4.39 Å². The number of hydrogen-bond acceptors (Lipinski definition) is 2. The van der Waals surface area contributed by atoms with Crippen molar-refractivity contribution in [2.75, 3.05) is 12.3 Å². The van der Waals surface area contributed by atoms with Gasteiger partial charge in [-0.1, -0.05) is 37.3 Å². The van der Waals surface area contributed by atoms with Crippen LogP contribution in [0.4, 0.5) is 10.1 Å². The third-order valence-electron chi connectivity index (χ3n) is 3.94. The average Bonchev–Trinajstić information content (AvgIpc) is 2.55. The molecule has 2 aromatic rings. The van der Waals surface area contributed by atoms with E-state index in [1.165, 1.54) is 6.07 Å². The second-order valence-electron chi connectivity index (χ2n) is 5.81. The van der Waals surface area contributed by atoms with Crippen molar-refractivity contribution < 1.29 is 9.18 Å². The number of nitrogens with two attached hydrogens (primary N) is 1. The van der Waals surface area contributed by atoms with E-state index in [1.54, 1.807) is 12.1 Å². The topological polar surface area (TPSA) is 55.1 Å². The maximum absolute atomic E-state index is 13.6. The molecule has 24 heavy (non-hydrogen) atoms. The smallest absolute Gasteiger partial charge is 0.222 e. The fourth-order valence-electron chi connectivity index (χ4n) is 2.39. The number of halogens is 2. The highest BCUT2D eigenvalue weighted by atomic mass is 35.5. The van der Waals surface area contributed by atoms with E-state index in [2.05, 4.69) is 5.32 Å². The van der Waals surface area contributed by atoms with Gasteiger partial charge in [-0.3, -0.25) is 4.79 Å². The van der Waals surface area contributed by atoms with Gasteiger partial charge in [-0.2, -0.15) is 0 Å². The number of benzene rings is 2. The maximum atomic E-state index is 13.6. The fraction of sp³-hybridized carbons (Fsp3) is 0.316. The van der Waals surface area contributed by atoms with Crippen LogP contribution in [0.3, 0.4) is 0 Å². The van der Waals surface area contributed by atoms with Gasteiger partial charge in [0.1, 0.15) is 5.82 Å². The summed E-state index contributed by atoms with van der Waals surface area (Å²) in [6.07, 6.45) is 1.97. The molecule has 1 unspecified atom stereocenters. The number of aryl methyl sites for hydroxylation is 1. The van der Waals surface area contributed by atoms with Crippen LogP contribution in [0.2, 0.25) is 0 Å². The normalized spacial score (nSPS) is 11.4. The summed E-state index contributed by atoms with van der Waals surface area (Å²) < 4.78 is 13.6. The van der Waals surface area contributed by atoms with Crippen molar-refractivity contribution in [3.8, 4) is 0 Å². The SMILES string of the molecule is CC(CCc1ccccc1F)C(=O)NCCc1ccc(N)cc1.Cl. The number of nitrogen functional groups attached to an aromatic ring is 1. The lowest BCUT2D eigenvalue weighted by molar-refractivity contribution is -0.124. The Morgan fingerprint density at radius 2 is 1.79 bits per heavy atom. The van der Waals surface area contributed by atoms with Crippen LogP contribution >= 0.6 is 12.4 Å². The highest BCUT2D eigenvalue weighted by Gasteiger charge is 2.13. The number of hydrogen-bond donors (Lipinski definition) is 2. The van der Waals surface area contributed by atoms with Crippen molar-refractivity contribution in [3.05, 3.63) is 65.5 Å². The third kappa shape index (κ3) is 6.20. The van der Waals surface area contributed by atoms with Crippen molar-refractivity contribution in [1.82, 2.24) is 5.32 Å². The minimum atomic E-state index is -0.205. The molecule has 0 aliphatic carbocycles. The van der Waals surface area contributed by atoms with Gasteiger partial charge < -0.3 is 11.1 Å². The average molecular weight is 351 g/mol. The molecule has 0 radical (unpaired) electrons. The Balaban J connectivity index is 0.00000288. The van der Waals surface area contributed by atoms with Crippen molar-refractivity contribution >= 4 is 24.0 Å². The Morgan fingerprint density at radius 3 is 2.46 bits per heavy atom. The summed E-state index contributed by atoms with van der Waals surface area (Å²) in [7, 11) is 0. The molecule has 0 saturated carbocycles. The van der Waals surface area contributed by atoms with E-state index in [1.807, 2.05) is 37.3 Å². The van der Waals surface area contributed by atoms with E-state index >= 15 is 0 Å². The standard InChI is InChI=1S/C19H23FN2O.ClH/c1-14(6-9-16-4-2-3-5-18(16)20)19(23)22-13-12-15-7-10-17(21)11-8-15;/h2-5,7-8,10-11,14H,6,9,12-13,21H2,1H3,(H,22,23);1H. The van der Waals surface area contributed by atoms with Crippen LogP contribution < -0.4 is 11.1 Å². The van der Waals surface area contributed by atoms with Crippen LogP contribution in [0.5, 0.6) is 0 Å². The summed E-state index contributed by atoms with van der Waals surface area (Å²) in [6.45, 7) is 2.46. The molecule has 0 aliphatic heterocycles. The first-order valence-electron chi connectivity index (χ1n) is 7.92. The molecule has 3 N–H and O–H groups in total. The van der Waals surface area contributed by atoms with Crippen LogP contribution in [0.1, 0.15) is 24.5 Å². The zero-order chi connectivity index (χ0) is 16.7. The summed E-state index contributed by atoms with van der Waals surface area (Å²) in [5.74, 6) is -0.332. The predicted octanol–water partition coefficient (Wildman–Crippen LogP) is 3.76. The molecule has 0 saturated heterocycles. The molecule has 2 aromatic carbocycles. The van der Waals surface area contributed by atoms with E-state index in [9.17, 15) is 9.18 Å². The van der Waals surface area contributed by atoms with Gasteiger partial charge in [0, 0.05) is 18.2 Å². The number of rotatable bonds is 7. The van der Waals surface area contributed by atoms with Gasteiger partial charge in [0.25, 0.3) is 0 Å². The van der Waals surface area contributed by atoms with Gasteiger partial charge in [-0.05, 0) is 48.6 Å². The Bertz CT molecular complexity index is 646. The van der Waals surface area contributed by atoms with E-state index < -0.39 is 0 Å². The lowest BCUT2D eigenvalue weighted by Gasteiger charge is -2.12. The van der Waals surface area contributed by atoms with Crippen LogP contribution in [0.15, 0.2) is 48.5 Å². The van der Waals surface area contributed by atoms with Gasteiger partial charge >= 0.3 is 0 Å². The monoisotopic (exact) mass is 350 g/mol. The third-order valence-corrected chi connectivity index (χ3v) is 3.94. The molecule has 5 heteroatoms. The van der Waals surface area contributed by atoms with Gasteiger partial charge in [0.15, 0.2) is 0 Å². The van der Waals surface area contributed by atoms with Crippen LogP contribution in [-0.4, -0.2) is 12.5 Å². The summed E-state index contributed by atoms with van der Waals surface area (Å²) in [5.41, 5.74) is 8.17. The van der Waals surface area contributed by atoms with Gasteiger partial charge in [0.05, 0.1) is 0 Å². The second kappa shape index (κ2) is 9.93. The Kier molecular flexibility index (Phi) is 8.27. The van der Waals surface area contributed by atoms with Crippen molar-refractivity contribution in [1.29, 1.82) is 0 Å². The number of nitrogens with one attached hydrogen (secondary N) is 1. The molecule has 130 valence electrons. The van der Waals surface area contributed by atoms with Crippen LogP contribution in [0, 0.1) is 11.7 Å². The molecule has 2 rings (SSSR count). The molecule has 0 heterocycles. The molecule has 3 nitrogen and oxygen atoms in total. The number of anilines is 1. The zero-order valence-electron chi connectivity index (χ0n) is 13.8. The summed E-state index contributed by atoms with van der Waals surface area (Å²) in [5, 5.41) is 2.93. The molecular formula is C19H24ClFN2O. The minimum Gasteiger partial charge on any atom is -0.399 e. The molecule has 1 atom stereocenters. The Labute approximate surface area is 148 Å². The van der Waals surface area contributed by atoms with E-state index in [4.69, 9.17) is 5.73 Å². The zero-order valence-corrected chi connectivity index (χ0v) is 14.6. The summed E-state index contributed by atoms with van der Waals surface area (Å²) in [4.78, 5) is 12.1. The molecule has 0 spiro atoms. The van der Waals surface area contributed by atoms with E-state index in [-0.39, 0.29) is 30.0 Å². The van der Waals surface area contributed by atoms with Crippen molar-refractivity contribution in [2.24, 2.45) is 5.92 Å². The molecule has 1 amide bonds. The van der Waals surface area contributed by atoms with Crippen LogP contribution in [-0.2, 0) is 17.6 Å². The highest BCUT2D eigenvalue weighted by Crippen LogP contribution is 2.13. The maximum Gasteiger partial charge on any atom is 0.222 e. The Hall–Kier alpha value is -2.07. The number of amides is 1. The molecule has 0 fully saturated rings. The second-order valence-corrected chi connectivity index (χ2v) is 5.81. The number of carbonyl (C=O) groups excluding carboxylic acids is 1. The number of carbonyl (C=O) groups is 1. The van der Waals surface area contributed by atoms with Crippen LogP contribution in [0.25, 0.3) is 0 Å². The molecule has 0 aliphatic rings. The van der Waals surface area contributed by atoms with Gasteiger partial charge in [0.2, 0.25) is 5.91 Å². The Morgan fingerprint density at radius 1 is 1.12 bits per heavy atom. The van der Waals surface area contributed by atoms with Crippen molar-refractivity contribution in [3.63, 3.8) is 0 Å². The lowest BCUT2D eigenvalue weighted by atomic mass is 10.00. The fourth-order valence-corrected chi connectivity index (χ4v) is 2.39. The predicted molar refractivity (Wildman–Crippen MR) is 98.7 cm³/mol. The summed E-state index contributed by atoms with van der Waals surface area (Å²) in [6, 6.07) is 14.3. The first-order chi connectivity index (χ1) is 11.1. The van der Waals surface area contributed by atoms with Crippen molar-refractivity contribution in [2.45, 2.75) is 26.2 Å². The highest BCUT2D eigenvalue weighted by molar-refractivity contribution is 5.85. The largest absolute Gasteiger partial charge is 0.399 e. The molecular weight excluding hydrogens is 327 g/mol. The minimum absolute atomic E-state index is 0.